The summed E-state index contributed by atoms with van der Waals surface area (Å²) in [5, 5.41) is 17.1. The van der Waals surface area contributed by atoms with Gasteiger partial charge in [-0.25, -0.2) is 0 Å². The van der Waals surface area contributed by atoms with Crippen molar-refractivity contribution in [3.63, 3.8) is 0 Å². The number of hydrogen-bond acceptors (Lipinski definition) is 5. The fourth-order valence-electron chi connectivity index (χ4n) is 1.02. The Morgan fingerprint density at radius 1 is 1.28 bits per heavy atom. The number of aliphatic carboxylic acids is 1. The highest BCUT2D eigenvalue weighted by Crippen LogP contribution is 2.30. The Kier molecular flexibility index (Phi) is 4.28. The summed E-state index contributed by atoms with van der Waals surface area (Å²) in [4.78, 5) is 23.9. The van der Waals surface area contributed by atoms with Gasteiger partial charge in [0.25, 0.3) is 5.91 Å². The first kappa shape index (κ1) is 14.4. The molecule has 0 aromatic carbocycles. The van der Waals surface area contributed by atoms with E-state index in [1.807, 2.05) is 0 Å². The number of hydrogen-bond donors (Lipinski definition) is 1. The van der Waals surface area contributed by atoms with Crippen molar-refractivity contribution in [1.82, 2.24) is 15.1 Å². The third-order valence-electron chi connectivity index (χ3n) is 2.14. The fourth-order valence-corrected chi connectivity index (χ4v) is 1.85. The zero-order chi connectivity index (χ0) is 13.9. The van der Waals surface area contributed by atoms with E-state index in [0.29, 0.717) is 5.03 Å². The molecule has 7 heteroatoms. The summed E-state index contributed by atoms with van der Waals surface area (Å²) in [6.45, 7) is 3.17. The van der Waals surface area contributed by atoms with Crippen LogP contribution in [0.5, 0.6) is 0 Å². The van der Waals surface area contributed by atoms with Crippen molar-refractivity contribution in [2.75, 3.05) is 14.1 Å². The summed E-state index contributed by atoms with van der Waals surface area (Å²) in [6.07, 6.45) is 0. The lowest BCUT2D eigenvalue weighted by Gasteiger charge is -2.17. The van der Waals surface area contributed by atoms with Crippen molar-refractivity contribution in [2.24, 2.45) is 0 Å². The standard InChI is InChI=1S/C11H15N3O3S/c1-11(2,10(16)17)18-8-6-5-7(12-13-8)9(15)14(3)4/h5-6H,1-4H3,(H,16,17). The molecule has 1 heterocycles. The molecule has 0 fully saturated rings. The van der Waals surface area contributed by atoms with Gasteiger partial charge >= 0.3 is 5.97 Å². The van der Waals surface area contributed by atoms with E-state index in [2.05, 4.69) is 10.2 Å². The van der Waals surface area contributed by atoms with Gasteiger partial charge in [0.15, 0.2) is 5.69 Å². The summed E-state index contributed by atoms with van der Waals surface area (Å²) in [5.74, 6) is -1.17. The molecule has 0 unspecified atom stereocenters. The van der Waals surface area contributed by atoms with Gasteiger partial charge in [0.05, 0.1) is 0 Å². The molecule has 0 saturated heterocycles. The molecule has 18 heavy (non-hydrogen) atoms. The summed E-state index contributed by atoms with van der Waals surface area (Å²) < 4.78 is -0.984. The van der Waals surface area contributed by atoms with Crippen molar-refractivity contribution in [1.29, 1.82) is 0 Å². The normalized spacial score (nSPS) is 11.1. The van der Waals surface area contributed by atoms with Crippen molar-refractivity contribution in [3.8, 4) is 0 Å². The number of carboxylic acids is 1. The number of thioether (sulfide) groups is 1. The van der Waals surface area contributed by atoms with Crippen LogP contribution in [0.1, 0.15) is 24.3 Å². The van der Waals surface area contributed by atoms with Gasteiger partial charge in [-0.3, -0.25) is 9.59 Å². The molecule has 1 rings (SSSR count). The van der Waals surface area contributed by atoms with Crippen LogP contribution in [-0.4, -0.2) is 50.9 Å². The average Bonchev–Trinajstić information content (AvgIpc) is 2.28. The van der Waals surface area contributed by atoms with E-state index in [0.717, 1.165) is 11.8 Å². The van der Waals surface area contributed by atoms with Crippen LogP contribution in [0.3, 0.4) is 0 Å². The average molecular weight is 269 g/mol. The highest BCUT2D eigenvalue weighted by atomic mass is 32.2. The minimum atomic E-state index is -0.984. The molecule has 0 aliphatic heterocycles. The number of nitrogens with zero attached hydrogens (tertiary/aromatic N) is 3. The van der Waals surface area contributed by atoms with Gasteiger partial charge in [0.2, 0.25) is 0 Å². The maximum absolute atomic E-state index is 11.6. The highest BCUT2D eigenvalue weighted by Gasteiger charge is 2.29. The summed E-state index contributed by atoms with van der Waals surface area (Å²) in [6, 6.07) is 3.13. The molecule has 0 radical (unpaired) electrons. The van der Waals surface area contributed by atoms with Gasteiger partial charge in [-0.05, 0) is 26.0 Å². The molecule has 1 N–H and O–H groups in total. The largest absolute Gasteiger partial charge is 0.480 e. The molecule has 1 aromatic rings. The van der Waals surface area contributed by atoms with E-state index in [1.165, 1.54) is 11.0 Å². The van der Waals surface area contributed by atoms with Gasteiger partial charge in [0, 0.05) is 14.1 Å². The highest BCUT2D eigenvalue weighted by molar-refractivity contribution is 8.01. The van der Waals surface area contributed by atoms with E-state index in [9.17, 15) is 9.59 Å². The molecule has 0 spiro atoms. The van der Waals surface area contributed by atoms with Crippen LogP contribution in [0.4, 0.5) is 0 Å². The van der Waals surface area contributed by atoms with Gasteiger partial charge < -0.3 is 10.0 Å². The second kappa shape index (κ2) is 5.34. The molecular weight excluding hydrogens is 254 g/mol. The predicted molar refractivity (Wildman–Crippen MR) is 67.6 cm³/mol. The van der Waals surface area contributed by atoms with Crippen LogP contribution in [-0.2, 0) is 4.79 Å². The summed E-state index contributed by atoms with van der Waals surface area (Å²) in [7, 11) is 3.25. The Hall–Kier alpha value is -1.63. The SMILES string of the molecule is CN(C)C(=O)c1ccc(SC(C)(C)C(=O)O)nn1. The first-order valence-corrected chi connectivity index (χ1v) is 6.03. The van der Waals surface area contributed by atoms with E-state index >= 15 is 0 Å². The van der Waals surface area contributed by atoms with E-state index in [-0.39, 0.29) is 11.6 Å². The maximum atomic E-state index is 11.6. The number of amides is 1. The lowest BCUT2D eigenvalue weighted by Crippen LogP contribution is -2.27. The third-order valence-corrected chi connectivity index (χ3v) is 3.25. The zero-order valence-corrected chi connectivity index (χ0v) is 11.5. The van der Waals surface area contributed by atoms with E-state index in [4.69, 9.17) is 5.11 Å². The maximum Gasteiger partial charge on any atom is 0.319 e. The van der Waals surface area contributed by atoms with Crippen LogP contribution in [0, 0.1) is 0 Å². The van der Waals surface area contributed by atoms with Gasteiger partial charge in [0.1, 0.15) is 9.77 Å². The first-order chi connectivity index (χ1) is 8.24. The third kappa shape index (κ3) is 3.43. The summed E-state index contributed by atoms with van der Waals surface area (Å²) in [5.41, 5.74) is 0.234. The Labute approximate surface area is 109 Å². The second-order valence-electron chi connectivity index (χ2n) is 4.37. The van der Waals surface area contributed by atoms with Crippen molar-refractivity contribution in [3.05, 3.63) is 17.8 Å². The van der Waals surface area contributed by atoms with E-state index < -0.39 is 10.7 Å². The van der Waals surface area contributed by atoms with Gasteiger partial charge in [-0.2, -0.15) is 0 Å². The Balaban J connectivity index is 2.84. The number of carbonyl (C=O) groups is 2. The van der Waals surface area contributed by atoms with Crippen LogP contribution in [0.15, 0.2) is 17.2 Å². The van der Waals surface area contributed by atoms with Crippen LogP contribution in [0.25, 0.3) is 0 Å². The van der Waals surface area contributed by atoms with Crippen LogP contribution in [0.2, 0.25) is 0 Å². The Morgan fingerprint density at radius 3 is 2.28 bits per heavy atom. The number of carboxylic acid groups (broad SMARTS) is 1. The number of carbonyl (C=O) groups excluding carboxylic acids is 1. The van der Waals surface area contributed by atoms with Gasteiger partial charge in [-0.1, -0.05) is 11.8 Å². The lowest BCUT2D eigenvalue weighted by molar-refractivity contribution is -0.138. The molecule has 0 aliphatic rings. The molecule has 1 amide bonds. The fraction of sp³-hybridized carbons (Fsp3) is 0.455. The molecule has 0 bridgehead atoms. The number of aromatic nitrogens is 2. The minimum absolute atomic E-state index is 0.234. The molecule has 0 aliphatic carbocycles. The van der Waals surface area contributed by atoms with Crippen LogP contribution < -0.4 is 0 Å². The van der Waals surface area contributed by atoms with Crippen molar-refractivity contribution < 1.29 is 14.7 Å². The topological polar surface area (TPSA) is 83.4 Å². The van der Waals surface area contributed by atoms with Crippen molar-refractivity contribution in [2.45, 2.75) is 23.6 Å². The molecule has 98 valence electrons. The van der Waals surface area contributed by atoms with E-state index in [1.54, 1.807) is 34.0 Å². The summed E-state index contributed by atoms with van der Waals surface area (Å²) >= 11 is 1.08. The molecule has 0 saturated carbocycles. The van der Waals surface area contributed by atoms with Crippen molar-refractivity contribution >= 4 is 23.6 Å². The molecule has 0 atom stereocenters. The predicted octanol–water partition coefficient (Wildman–Crippen LogP) is 1.13. The Morgan fingerprint density at radius 2 is 1.89 bits per heavy atom. The first-order valence-electron chi connectivity index (χ1n) is 5.22. The quantitative estimate of drug-likeness (QED) is 0.825. The zero-order valence-electron chi connectivity index (χ0n) is 10.7. The number of rotatable bonds is 4. The minimum Gasteiger partial charge on any atom is -0.480 e. The molecule has 6 nitrogen and oxygen atoms in total. The second-order valence-corrected chi connectivity index (χ2v) is 6.02. The lowest BCUT2D eigenvalue weighted by atomic mass is 10.2. The molecular formula is C11H15N3O3S. The molecule has 1 aromatic heterocycles. The monoisotopic (exact) mass is 269 g/mol. The Bertz CT molecular complexity index is 457. The van der Waals surface area contributed by atoms with Gasteiger partial charge in [-0.15, -0.1) is 10.2 Å². The van der Waals surface area contributed by atoms with Crippen LogP contribution >= 0.6 is 11.8 Å². The smallest absolute Gasteiger partial charge is 0.319 e.